The number of hydrogen-bond acceptors (Lipinski definition) is 8. The van der Waals surface area contributed by atoms with Crippen LogP contribution in [-0.2, 0) is 4.74 Å². The van der Waals surface area contributed by atoms with E-state index in [2.05, 4.69) is 15.0 Å². The largest absolute Gasteiger partial charge is 0.394 e. The van der Waals surface area contributed by atoms with Gasteiger partial charge in [0.1, 0.15) is 18.3 Å². The molecule has 1 aliphatic heterocycles. The van der Waals surface area contributed by atoms with E-state index in [-0.39, 0.29) is 27.0 Å². The Morgan fingerprint density at radius 1 is 1.52 bits per heavy atom. The van der Waals surface area contributed by atoms with E-state index in [1.54, 1.807) is 0 Å². The molecule has 2 aromatic rings. The molecule has 0 spiro atoms. The number of rotatable bonds is 2. The number of aromatic amines is 1. The maximum absolute atomic E-state index is 11.7. The number of nitrogens with zero attached hydrogens (tertiary/aromatic N) is 3. The first-order chi connectivity index (χ1) is 9.90. The minimum Gasteiger partial charge on any atom is -0.394 e. The number of imidazole rings is 1. The fourth-order valence-electron chi connectivity index (χ4n) is 2.17. The number of nitrogens with two attached hydrogens (primary N) is 1. The van der Waals surface area contributed by atoms with Crippen LogP contribution in [0.4, 0.5) is 5.95 Å². The molecule has 1 aliphatic rings. The third-order valence-corrected chi connectivity index (χ3v) is 3.15. The summed E-state index contributed by atoms with van der Waals surface area (Å²) in [4.78, 5) is 21.7. The summed E-state index contributed by atoms with van der Waals surface area (Å²) in [7, 11) is 0. The third-order valence-electron chi connectivity index (χ3n) is 3.15. The summed E-state index contributed by atoms with van der Waals surface area (Å²) < 4.78 is 13.7. The maximum atomic E-state index is 11.7. The van der Waals surface area contributed by atoms with Gasteiger partial charge in [0, 0.05) is 9.90 Å². The van der Waals surface area contributed by atoms with Gasteiger partial charge in [-0.3, -0.25) is 14.3 Å². The lowest BCUT2D eigenvalue weighted by Gasteiger charge is -2.16. The van der Waals surface area contributed by atoms with E-state index in [1.165, 1.54) is 10.9 Å². The van der Waals surface area contributed by atoms with E-state index in [0.717, 1.165) is 0 Å². The van der Waals surface area contributed by atoms with Gasteiger partial charge in [-0.2, -0.15) is 4.98 Å². The number of hydrogen-bond donors (Lipinski definition) is 5. The minimum atomic E-state index is -1.73. The van der Waals surface area contributed by atoms with Gasteiger partial charge in [0.25, 0.3) is 5.56 Å². The smallest absolute Gasteiger partial charge is 0.280 e. The number of aliphatic hydroxyl groups is 3. The first-order valence-corrected chi connectivity index (χ1v) is 5.74. The molecule has 11 heteroatoms. The van der Waals surface area contributed by atoms with Gasteiger partial charge in [-0.1, -0.05) is 0 Å². The summed E-state index contributed by atoms with van der Waals surface area (Å²) in [6.07, 6.45) is -4.12. The monoisotopic (exact) mass is 315 g/mol. The van der Waals surface area contributed by atoms with Gasteiger partial charge < -0.3 is 25.8 Å². The zero-order chi connectivity index (χ0) is 15.3. The molecule has 3 rings (SSSR count). The molecule has 0 amide bonds. The first kappa shape index (κ1) is 14.4. The Morgan fingerprint density at radius 3 is 2.86 bits per heavy atom. The summed E-state index contributed by atoms with van der Waals surface area (Å²) >= 11 is 0. The molecule has 3 radical (unpaired) electrons. The zero-order valence-corrected chi connectivity index (χ0v) is 11.4. The van der Waals surface area contributed by atoms with E-state index >= 15 is 0 Å². The predicted octanol–water partition coefficient (Wildman–Crippen LogP) is -1.83. The second-order valence-electron chi connectivity index (χ2n) is 4.40. The second kappa shape index (κ2) is 5.66. The van der Waals surface area contributed by atoms with Gasteiger partial charge in [0.05, 0.1) is 14.3 Å². The fourth-order valence-corrected chi connectivity index (χ4v) is 2.17. The molecule has 0 aromatic carbocycles. The normalized spacial score (nSPS) is 30.9. The van der Waals surface area contributed by atoms with Gasteiger partial charge in [-0.05, 0) is 0 Å². The molecule has 1 unspecified atom stereocenters. The summed E-state index contributed by atoms with van der Waals surface area (Å²) in [6.45, 7) is -1.73. The van der Waals surface area contributed by atoms with Crippen molar-refractivity contribution in [3.05, 3.63) is 16.7 Å². The van der Waals surface area contributed by atoms with Gasteiger partial charge >= 0.3 is 0 Å². The average Bonchev–Trinajstić information content (AvgIpc) is 2.93. The Hall–Kier alpha value is -1.58. The second-order valence-corrected chi connectivity index (χ2v) is 4.40. The summed E-state index contributed by atoms with van der Waals surface area (Å²) in [6, 6.07) is 0. The quantitative estimate of drug-likeness (QED) is 0.405. The van der Waals surface area contributed by atoms with Crippen LogP contribution in [0.15, 0.2) is 11.1 Å². The Labute approximate surface area is 122 Å². The topological polar surface area (TPSA) is 160 Å². The number of aliphatic hydroxyl groups excluding tert-OH is 3. The van der Waals surface area contributed by atoms with E-state index in [1.807, 2.05) is 0 Å². The molecule has 113 valence electrons. The number of aromatic nitrogens is 4. The SMILES string of the molecule is [2H]C(O)[C@H]1O[C@@H](n2cnc3c(=O)[nH]c(N)nc32)[C@H](O)[C@@H]1O.[P]. The van der Waals surface area contributed by atoms with Crippen molar-refractivity contribution in [3.63, 3.8) is 0 Å². The van der Waals surface area contributed by atoms with Gasteiger partial charge in [0.2, 0.25) is 5.95 Å². The van der Waals surface area contributed by atoms with Crippen LogP contribution in [0.1, 0.15) is 7.60 Å². The highest BCUT2D eigenvalue weighted by molar-refractivity contribution is 6.92. The van der Waals surface area contributed by atoms with Crippen molar-refractivity contribution in [2.45, 2.75) is 24.5 Å². The summed E-state index contributed by atoms with van der Waals surface area (Å²) in [5.41, 5.74) is 4.96. The number of nitrogen functional groups attached to an aromatic ring is 1. The number of anilines is 1. The van der Waals surface area contributed by atoms with Crippen molar-refractivity contribution in [3.8, 4) is 0 Å². The van der Waals surface area contributed by atoms with E-state index in [9.17, 15) is 20.1 Å². The zero-order valence-electron chi connectivity index (χ0n) is 11.5. The highest BCUT2D eigenvalue weighted by Crippen LogP contribution is 2.30. The van der Waals surface area contributed by atoms with Crippen LogP contribution in [-0.4, -0.2) is 59.7 Å². The van der Waals surface area contributed by atoms with E-state index < -0.39 is 36.7 Å². The van der Waals surface area contributed by atoms with Crippen molar-refractivity contribution < 1.29 is 21.4 Å². The summed E-state index contributed by atoms with van der Waals surface area (Å²) in [5.74, 6) is -0.139. The lowest BCUT2D eigenvalue weighted by Crippen LogP contribution is -2.33. The molecule has 5 atom stereocenters. The predicted molar refractivity (Wildman–Crippen MR) is 72.5 cm³/mol. The molecular weight excluding hydrogens is 301 g/mol. The van der Waals surface area contributed by atoms with Crippen LogP contribution < -0.4 is 11.3 Å². The Bertz CT molecular complexity index is 736. The van der Waals surface area contributed by atoms with Gasteiger partial charge in [-0.25, -0.2) is 4.98 Å². The van der Waals surface area contributed by atoms with E-state index in [4.69, 9.17) is 11.8 Å². The van der Waals surface area contributed by atoms with Crippen LogP contribution in [0, 0.1) is 0 Å². The molecule has 0 saturated carbocycles. The van der Waals surface area contributed by atoms with Crippen LogP contribution in [0.3, 0.4) is 0 Å². The first-order valence-electron chi connectivity index (χ1n) is 6.32. The molecule has 2 aromatic heterocycles. The number of ether oxygens (including phenoxy) is 1. The molecule has 6 N–H and O–H groups in total. The number of fused-ring (bicyclic) bond motifs is 1. The van der Waals surface area contributed by atoms with Crippen molar-refractivity contribution >= 4 is 27.0 Å². The third kappa shape index (κ3) is 2.41. The molecule has 10 nitrogen and oxygen atoms in total. The van der Waals surface area contributed by atoms with Gasteiger partial charge in [-0.15, -0.1) is 0 Å². The Balaban J connectivity index is 0.00000176. The fraction of sp³-hybridized carbons (Fsp3) is 0.500. The molecule has 3 heterocycles. The van der Waals surface area contributed by atoms with Crippen LogP contribution in [0.25, 0.3) is 11.2 Å². The Morgan fingerprint density at radius 2 is 2.24 bits per heavy atom. The van der Waals surface area contributed by atoms with Crippen LogP contribution in [0.2, 0.25) is 0 Å². The Kier molecular flexibility index (Phi) is 3.87. The molecule has 0 bridgehead atoms. The highest BCUT2D eigenvalue weighted by Gasteiger charge is 2.44. The number of H-pyrrole nitrogens is 1. The highest BCUT2D eigenvalue weighted by atomic mass is 31.0. The van der Waals surface area contributed by atoms with Crippen molar-refractivity contribution in [2.24, 2.45) is 0 Å². The molecule has 1 fully saturated rings. The maximum Gasteiger partial charge on any atom is 0.280 e. The summed E-state index contributed by atoms with van der Waals surface area (Å²) in [5, 5.41) is 29.0. The van der Waals surface area contributed by atoms with Gasteiger partial charge in [0.15, 0.2) is 17.4 Å². The molecule has 21 heavy (non-hydrogen) atoms. The average molecular weight is 315 g/mol. The standard InChI is InChI=1S/C10H13N5O5.P/c11-10-13-7-4(8(19)14-10)12-2-15(7)9-6(18)5(17)3(1-16)20-9;/h2-3,5-6,9,16-18H,1H2,(H3,11,13,14,19);/t3-,5-,6-,9-;/m1./s1/i1D;/t1?,3-,5-,6-,9-;. The molecular formula is C10H13N5O5P. The van der Waals surface area contributed by atoms with E-state index in [0.29, 0.717) is 0 Å². The van der Waals surface area contributed by atoms with Crippen molar-refractivity contribution in [2.75, 3.05) is 12.3 Å². The lowest BCUT2D eigenvalue weighted by atomic mass is 10.1. The van der Waals surface area contributed by atoms with Crippen molar-refractivity contribution in [1.82, 2.24) is 19.5 Å². The van der Waals surface area contributed by atoms with Crippen LogP contribution in [0.5, 0.6) is 0 Å². The number of nitrogens with one attached hydrogen (secondary N) is 1. The minimum absolute atomic E-state index is 0. The van der Waals surface area contributed by atoms with Crippen molar-refractivity contribution in [1.29, 1.82) is 0 Å². The molecule has 1 saturated heterocycles. The lowest BCUT2D eigenvalue weighted by molar-refractivity contribution is -0.0511. The van der Waals surface area contributed by atoms with Crippen LogP contribution >= 0.6 is 9.90 Å². The molecule has 0 aliphatic carbocycles.